The Morgan fingerprint density at radius 3 is 2.76 bits per heavy atom. The maximum atomic E-state index is 11.5. The van der Waals surface area contributed by atoms with E-state index in [2.05, 4.69) is 11.4 Å². The first kappa shape index (κ1) is 13.7. The second-order valence-electron chi connectivity index (χ2n) is 4.56. The molecule has 0 heterocycles. The molecule has 4 nitrogen and oxygen atoms in total. The maximum absolute atomic E-state index is 11.5. The van der Waals surface area contributed by atoms with Crippen molar-refractivity contribution in [3.8, 4) is 0 Å². The highest BCUT2D eigenvalue weighted by molar-refractivity contribution is 5.77. The molecule has 2 N–H and O–H groups in total. The van der Waals surface area contributed by atoms with Crippen LogP contribution in [0.1, 0.15) is 51.9 Å². The predicted octanol–water partition coefficient (Wildman–Crippen LogP) is 2.25. The smallest absolute Gasteiger partial charge is 0.303 e. The summed E-state index contributed by atoms with van der Waals surface area (Å²) in [6, 6.07) is 0.0904. The lowest BCUT2D eigenvalue weighted by Gasteiger charge is -2.20. The Morgan fingerprint density at radius 2 is 2.18 bits per heavy atom. The van der Waals surface area contributed by atoms with Gasteiger partial charge in [0.15, 0.2) is 0 Å². The van der Waals surface area contributed by atoms with Gasteiger partial charge in [-0.3, -0.25) is 9.59 Å². The topological polar surface area (TPSA) is 66.4 Å². The highest BCUT2D eigenvalue weighted by Crippen LogP contribution is 2.20. The Hall–Kier alpha value is -1.32. The number of nitrogens with one attached hydrogen (secondary N) is 1. The molecule has 1 atom stereocenters. The van der Waals surface area contributed by atoms with Gasteiger partial charge in [0, 0.05) is 18.9 Å². The fourth-order valence-corrected chi connectivity index (χ4v) is 2.06. The molecule has 0 saturated heterocycles. The number of carbonyl (C=O) groups excluding carboxylic acids is 1. The van der Waals surface area contributed by atoms with Gasteiger partial charge in [-0.1, -0.05) is 11.6 Å². The van der Waals surface area contributed by atoms with Crippen LogP contribution in [0.4, 0.5) is 0 Å². The molecule has 1 amide bonds. The van der Waals surface area contributed by atoms with Crippen LogP contribution in [0.3, 0.4) is 0 Å². The number of allylic oxidation sites excluding steroid dienone is 1. The van der Waals surface area contributed by atoms with E-state index in [4.69, 9.17) is 5.11 Å². The van der Waals surface area contributed by atoms with Crippen molar-refractivity contribution < 1.29 is 14.7 Å². The second-order valence-corrected chi connectivity index (χ2v) is 4.56. The number of hydrogen-bond donors (Lipinski definition) is 2. The molecule has 4 heteroatoms. The van der Waals surface area contributed by atoms with Crippen LogP contribution >= 0.6 is 0 Å². The lowest BCUT2D eigenvalue weighted by Crippen LogP contribution is -2.34. The minimum Gasteiger partial charge on any atom is -0.481 e. The first-order chi connectivity index (χ1) is 8.09. The number of carboxylic acids is 1. The van der Waals surface area contributed by atoms with E-state index in [0.29, 0.717) is 12.8 Å². The summed E-state index contributed by atoms with van der Waals surface area (Å²) in [5, 5.41) is 11.4. The summed E-state index contributed by atoms with van der Waals surface area (Å²) in [4.78, 5) is 21.9. The first-order valence-electron chi connectivity index (χ1n) is 6.29. The van der Waals surface area contributed by atoms with E-state index in [9.17, 15) is 9.59 Å². The Bertz CT molecular complexity index is 310. The van der Waals surface area contributed by atoms with Gasteiger partial charge in [0.1, 0.15) is 0 Å². The molecule has 0 fully saturated rings. The van der Waals surface area contributed by atoms with Crippen LogP contribution in [-0.2, 0) is 9.59 Å². The van der Waals surface area contributed by atoms with E-state index < -0.39 is 5.97 Å². The number of carboxylic acid groups (broad SMARTS) is 1. The van der Waals surface area contributed by atoms with Crippen LogP contribution in [0.15, 0.2) is 11.6 Å². The highest BCUT2D eigenvalue weighted by Gasteiger charge is 2.13. The molecule has 0 saturated carbocycles. The summed E-state index contributed by atoms with van der Waals surface area (Å²) < 4.78 is 0. The fourth-order valence-electron chi connectivity index (χ4n) is 2.06. The van der Waals surface area contributed by atoms with Crippen LogP contribution in [0.2, 0.25) is 0 Å². The van der Waals surface area contributed by atoms with Crippen molar-refractivity contribution in [3.63, 3.8) is 0 Å². The molecule has 0 aromatic carbocycles. The van der Waals surface area contributed by atoms with Gasteiger partial charge in [-0.2, -0.15) is 0 Å². The molecule has 0 radical (unpaired) electrons. The van der Waals surface area contributed by atoms with E-state index in [-0.39, 0.29) is 18.4 Å². The number of amides is 1. The van der Waals surface area contributed by atoms with Crippen LogP contribution in [0.25, 0.3) is 0 Å². The van der Waals surface area contributed by atoms with Gasteiger partial charge < -0.3 is 10.4 Å². The molecule has 1 aliphatic rings. The number of rotatable bonds is 6. The largest absolute Gasteiger partial charge is 0.481 e. The summed E-state index contributed by atoms with van der Waals surface area (Å²) >= 11 is 0. The van der Waals surface area contributed by atoms with E-state index in [1.807, 2.05) is 6.92 Å². The average molecular weight is 239 g/mol. The lowest BCUT2D eigenvalue weighted by atomic mass is 9.94. The molecular weight excluding hydrogens is 218 g/mol. The quantitative estimate of drug-likeness (QED) is 0.699. The molecule has 0 unspecified atom stereocenters. The van der Waals surface area contributed by atoms with Gasteiger partial charge in [0.2, 0.25) is 5.91 Å². The first-order valence-corrected chi connectivity index (χ1v) is 6.29. The third-order valence-electron chi connectivity index (χ3n) is 3.05. The van der Waals surface area contributed by atoms with E-state index in [1.54, 1.807) is 0 Å². The molecular formula is C13H21NO3. The van der Waals surface area contributed by atoms with Crippen LogP contribution in [0.5, 0.6) is 0 Å². The SMILES string of the molecule is C[C@@H](NC(=O)CCCC(=O)O)C1=CCCCC1. The van der Waals surface area contributed by atoms with E-state index in [1.165, 1.54) is 18.4 Å². The summed E-state index contributed by atoms with van der Waals surface area (Å²) in [5.74, 6) is -0.897. The van der Waals surface area contributed by atoms with Gasteiger partial charge in [-0.15, -0.1) is 0 Å². The second kappa shape index (κ2) is 7.09. The Morgan fingerprint density at radius 1 is 1.41 bits per heavy atom. The van der Waals surface area contributed by atoms with Crippen molar-refractivity contribution in [1.82, 2.24) is 5.32 Å². The fraction of sp³-hybridized carbons (Fsp3) is 0.692. The molecule has 0 aliphatic heterocycles. The highest BCUT2D eigenvalue weighted by atomic mass is 16.4. The third kappa shape index (κ3) is 5.52. The molecule has 96 valence electrons. The van der Waals surface area contributed by atoms with E-state index >= 15 is 0 Å². The average Bonchev–Trinajstić information content (AvgIpc) is 2.29. The summed E-state index contributed by atoms with van der Waals surface area (Å²) in [6.45, 7) is 1.99. The summed E-state index contributed by atoms with van der Waals surface area (Å²) in [5.41, 5.74) is 1.31. The minimum absolute atomic E-state index is 0.0507. The van der Waals surface area contributed by atoms with Crippen molar-refractivity contribution in [1.29, 1.82) is 0 Å². The maximum Gasteiger partial charge on any atom is 0.303 e. The number of hydrogen-bond acceptors (Lipinski definition) is 2. The van der Waals surface area contributed by atoms with Crippen LogP contribution < -0.4 is 5.32 Å². The molecule has 1 rings (SSSR count). The third-order valence-corrected chi connectivity index (χ3v) is 3.05. The van der Waals surface area contributed by atoms with Crippen molar-refractivity contribution in [3.05, 3.63) is 11.6 Å². The van der Waals surface area contributed by atoms with Gasteiger partial charge in [-0.25, -0.2) is 0 Å². The van der Waals surface area contributed by atoms with Crippen LogP contribution in [-0.4, -0.2) is 23.0 Å². The zero-order valence-electron chi connectivity index (χ0n) is 10.4. The Labute approximate surface area is 102 Å². The molecule has 0 aromatic heterocycles. The lowest BCUT2D eigenvalue weighted by molar-refractivity contribution is -0.137. The summed E-state index contributed by atoms with van der Waals surface area (Å²) in [6.07, 6.45) is 7.59. The zero-order chi connectivity index (χ0) is 12.7. The molecule has 0 spiro atoms. The Balaban J connectivity index is 2.25. The molecule has 0 bridgehead atoms. The minimum atomic E-state index is -0.846. The number of aliphatic carboxylic acids is 1. The van der Waals surface area contributed by atoms with Gasteiger partial charge in [0.05, 0.1) is 0 Å². The van der Waals surface area contributed by atoms with Crippen molar-refractivity contribution in [2.75, 3.05) is 0 Å². The normalized spacial score (nSPS) is 17.1. The van der Waals surface area contributed by atoms with E-state index in [0.717, 1.165) is 12.8 Å². The summed E-state index contributed by atoms with van der Waals surface area (Å²) in [7, 11) is 0. The molecule has 0 aromatic rings. The molecule has 17 heavy (non-hydrogen) atoms. The Kier molecular flexibility index (Phi) is 5.73. The monoisotopic (exact) mass is 239 g/mol. The molecule has 1 aliphatic carbocycles. The van der Waals surface area contributed by atoms with Gasteiger partial charge in [0.25, 0.3) is 0 Å². The number of carbonyl (C=O) groups is 2. The predicted molar refractivity (Wildman–Crippen MR) is 65.6 cm³/mol. The zero-order valence-corrected chi connectivity index (χ0v) is 10.4. The van der Waals surface area contributed by atoms with Crippen LogP contribution in [0, 0.1) is 0 Å². The van der Waals surface area contributed by atoms with Crippen molar-refractivity contribution >= 4 is 11.9 Å². The standard InChI is InChI=1S/C13H21NO3/c1-10(11-6-3-2-4-7-11)14-12(15)8-5-9-13(16)17/h6,10H,2-5,7-9H2,1H3,(H,14,15)(H,16,17)/t10-/m1/s1. The van der Waals surface area contributed by atoms with Crippen molar-refractivity contribution in [2.45, 2.75) is 57.9 Å². The van der Waals surface area contributed by atoms with Crippen molar-refractivity contribution in [2.24, 2.45) is 0 Å². The van der Waals surface area contributed by atoms with Gasteiger partial charge in [-0.05, 0) is 39.0 Å². The van der Waals surface area contributed by atoms with Gasteiger partial charge >= 0.3 is 5.97 Å².